The molecule has 0 aliphatic rings. The van der Waals surface area contributed by atoms with Gasteiger partial charge in [-0.05, 0) is 55.3 Å². The predicted octanol–water partition coefficient (Wildman–Crippen LogP) is 1.62. The van der Waals surface area contributed by atoms with Crippen LogP contribution in [0.3, 0.4) is 0 Å². The molecular formula is C20H27N3O6S2. The second-order valence-electron chi connectivity index (χ2n) is 7.01. The first kappa shape index (κ1) is 24.8. The van der Waals surface area contributed by atoms with Crippen LogP contribution >= 0.6 is 0 Å². The first-order valence-corrected chi connectivity index (χ1v) is 12.5. The molecule has 3 N–H and O–H groups in total. The highest BCUT2D eigenvalue weighted by Crippen LogP contribution is 2.19. The Morgan fingerprint density at radius 3 is 2.10 bits per heavy atom. The van der Waals surface area contributed by atoms with Crippen molar-refractivity contribution in [3.63, 3.8) is 0 Å². The molecule has 170 valence electrons. The number of sulfonamides is 2. The number of rotatable bonds is 10. The van der Waals surface area contributed by atoms with Crippen LogP contribution in [-0.4, -0.2) is 47.8 Å². The molecule has 1 amide bonds. The largest absolute Gasteiger partial charge is 0.497 e. The Bertz CT molecular complexity index is 1100. The van der Waals surface area contributed by atoms with Crippen LogP contribution in [0.25, 0.3) is 0 Å². The molecule has 0 bridgehead atoms. The molecule has 1 atom stereocenters. The number of nitrogens with two attached hydrogens (primary N) is 1. The average Bonchev–Trinajstić information content (AvgIpc) is 2.73. The molecule has 0 saturated heterocycles. The van der Waals surface area contributed by atoms with E-state index in [0.29, 0.717) is 12.2 Å². The molecule has 31 heavy (non-hydrogen) atoms. The van der Waals surface area contributed by atoms with Crippen LogP contribution in [0.15, 0.2) is 58.3 Å². The topological polar surface area (TPSA) is 136 Å². The summed E-state index contributed by atoms with van der Waals surface area (Å²) in [4.78, 5) is 12.4. The van der Waals surface area contributed by atoms with Gasteiger partial charge in [-0.3, -0.25) is 4.79 Å². The molecular weight excluding hydrogens is 442 g/mol. The summed E-state index contributed by atoms with van der Waals surface area (Å²) < 4.78 is 54.1. The van der Waals surface area contributed by atoms with Gasteiger partial charge in [-0.2, -0.15) is 0 Å². The minimum Gasteiger partial charge on any atom is -0.497 e. The normalized spacial score (nSPS) is 13.1. The number of hydrogen-bond acceptors (Lipinski definition) is 6. The lowest BCUT2D eigenvalue weighted by Crippen LogP contribution is -2.30. The monoisotopic (exact) mass is 469 g/mol. The fraction of sp³-hybridized carbons (Fsp3) is 0.350. The second kappa shape index (κ2) is 10.2. The number of nitrogens with zero attached hydrogens (tertiary/aromatic N) is 1. The second-order valence-corrected chi connectivity index (χ2v) is 10.6. The van der Waals surface area contributed by atoms with Gasteiger partial charge >= 0.3 is 0 Å². The van der Waals surface area contributed by atoms with E-state index in [-0.39, 0.29) is 34.7 Å². The zero-order valence-electron chi connectivity index (χ0n) is 17.6. The van der Waals surface area contributed by atoms with Gasteiger partial charge in [-0.25, -0.2) is 26.3 Å². The summed E-state index contributed by atoms with van der Waals surface area (Å²) in [7, 11) is -4.46. The third-order valence-electron chi connectivity index (χ3n) is 4.73. The van der Waals surface area contributed by atoms with Gasteiger partial charge in [-0.1, -0.05) is 12.1 Å². The van der Waals surface area contributed by atoms with Crippen molar-refractivity contribution in [3.8, 4) is 5.75 Å². The zero-order valence-corrected chi connectivity index (χ0v) is 19.2. The zero-order chi connectivity index (χ0) is 23.2. The first-order chi connectivity index (χ1) is 14.4. The van der Waals surface area contributed by atoms with E-state index in [2.05, 4.69) is 5.32 Å². The van der Waals surface area contributed by atoms with Crippen molar-refractivity contribution < 1.29 is 26.4 Å². The van der Waals surface area contributed by atoms with Crippen LogP contribution in [0.1, 0.15) is 31.4 Å². The van der Waals surface area contributed by atoms with Crippen molar-refractivity contribution in [3.05, 3.63) is 54.1 Å². The summed E-state index contributed by atoms with van der Waals surface area (Å²) in [6.07, 6.45) is 0.483. The van der Waals surface area contributed by atoms with Gasteiger partial charge in [0.05, 0.1) is 22.9 Å². The standard InChI is InChI=1S/C20H27N3O6S2/c1-15(16-6-10-18(11-7-16)30(21,25)26)22-20(24)5-4-14-23(2)31(27,28)19-12-8-17(29-3)9-13-19/h6-13,15H,4-5,14H2,1-3H3,(H,22,24)(H2,21,25,26). The van der Waals surface area contributed by atoms with Crippen molar-refractivity contribution >= 4 is 26.0 Å². The van der Waals surface area contributed by atoms with Gasteiger partial charge in [0.2, 0.25) is 26.0 Å². The molecule has 0 spiro atoms. The quantitative estimate of drug-likeness (QED) is 0.543. The van der Waals surface area contributed by atoms with E-state index < -0.39 is 20.0 Å². The summed E-state index contributed by atoms with van der Waals surface area (Å²) in [6.45, 7) is 1.95. The Labute approximate surface area is 183 Å². The van der Waals surface area contributed by atoms with Crippen molar-refractivity contribution in [1.82, 2.24) is 9.62 Å². The number of primary sulfonamides is 1. The Hall–Kier alpha value is -2.47. The van der Waals surface area contributed by atoms with Crippen LogP contribution in [0.2, 0.25) is 0 Å². The fourth-order valence-electron chi connectivity index (χ4n) is 2.85. The third-order valence-corrected chi connectivity index (χ3v) is 7.53. The van der Waals surface area contributed by atoms with Crippen molar-refractivity contribution in [2.45, 2.75) is 35.6 Å². The lowest BCUT2D eigenvalue weighted by molar-refractivity contribution is -0.121. The Kier molecular flexibility index (Phi) is 8.18. The lowest BCUT2D eigenvalue weighted by atomic mass is 10.1. The van der Waals surface area contributed by atoms with Gasteiger partial charge < -0.3 is 10.1 Å². The number of methoxy groups -OCH3 is 1. The van der Waals surface area contributed by atoms with Gasteiger partial charge in [0.15, 0.2) is 0 Å². The molecule has 0 aliphatic carbocycles. The van der Waals surface area contributed by atoms with Crippen LogP contribution in [0.5, 0.6) is 5.75 Å². The van der Waals surface area contributed by atoms with E-state index in [4.69, 9.17) is 9.88 Å². The molecule has 2 aromatic carbocycles. The number of benzene rings is 2. The highest BCUT2D eigenvalue weighted by Gasteiger charge is 2.21. The fourth-order valence-corrected chi connectivity index (χ4v) is 4.58. The first-order valence-electron chi connectivity index (χ1n) is 9.47. The number of carbonyl (C=O) groups excluding carboxylic acids is 1. The maximum Gasteiger partial charge on any atom is 0.242 e. The van der Waals surface area contributed by atoms with E-state index in [0.717, 1.165) is 5.56 Å². The summed E-state index contributed by atoms with van der Waals surface area (Å²) in [6, 6.07) is 11.7. The highest BCUT2D eigenvalue weighted by molar-refractivity contribution is 7.89. The molecule has 0 saturated carbocycles. The highest BCUT2D eigenvalue weighted by atomic mass is 32.2. The molecule has 9 nitrogen and oxygen atoms in total. The van der Waals surface area contributed by atoms with Crippen LogP contribution < -0.4 is 15.2 Å². The van der Waals surface area contributed by atoms with Gasteiger partial charge in [0, 0.05) is 20.0 Å². The van der Waals surface area contributed by atoms with Crippen LogP contribution in [0, 0.1) is 0 Å². The minimum atomic E-state index is -3.77. The van der Waals surface area contributed by atoms with Gasteiger partial charge in [0.25, 0.3) is 0 Å². The lowest BCUT2D eigenvalue weighted by Gasteiger charge is -2.18. The van der Waals surface area contributed by atoms with E-state index in [9.17, 15) is 21.6 Å². The molecule has 0 radical (unpaired) electrons. The number of nitrogens with one attached hydrogen (secondary N) is 1. The molecule has 2 aromatic rings. The molecule has 11 heteroatoms. The Morgan fingerprint density at radius 1 is 1.03 bits per heavy atom. The maximum atomic E-state index is 12.6. The smallest absolute Gasteiger partial charge is 0.242 e. The molecule has 0 heterocycles. The minimum absolute atomic E-state index is 0.00381. The molecule has 0 aliphatic heterocycles. The molecule has 2 rings (SSSR count). The SMILES string of the molecule is COc1ccc(S(=O)(=O)N(C)CCCC(=O)NC(C)c2ccc(S(N)(=O)=O)cc2)cc1. The van der Waals surface area contributed by atoms with E-state index in [1.807, 2.05) is 0 Å². The van der Waals surface area contributed by atoms with Crippen molar-refractivity contribution in [1.29, 1.82) is 0 Å². The molecule has 0 aromatic heterocycles. The summed E-state index contributed by atoms with van der Waals surface area (Å²) in [5.41, 5.74) is 0.722. The maximum absolute atomic E-state index is 12.6. The van der Waals surface area contributed by atoms with Gasteiger partial charge in [-0.15, -0.1) is 0 Å². The number of carbonyl (C=O) groups is 1. The van der Waals surface area contributed by atoms with Crippen molar-refractivity contribution in [2.24, 2.45) is 5.14 Å². The van der Waals surface area contributed by atoms with Crippen LogP contribution in [-0.2, 0) is 24.8 Å². The Morgan fingerprint density at radius 2 is 1.58 bits per heavy atom. The van der Waals surface area contributed by atoms with Crippen molar-refractivity contribution in [2.75, 3.05) is 20.7 Å². The molecule has 1 unspecified atom stereocenters. The van der Waals surface area contributed by atoms with Crippen LogP contribution in [0.4, 0.5) is 0 Å². The number of amides is 1. The number of ether oxygens (including phenoxy) is 1. The van der Waals surface area contributed by atoms with E-state index in [1.165, 1.54) is 42.7 Å². The van der Waals surface area contributed by atoms with E-state index >= 15 is 0 Å². The molecule has 0 fully saturated rings. The number of hydrogen-bond donors (Lipinski definition) is 2. The average molecular weight is 470 g/mol. The van der Waals surface area contributed by atoms with Gasteiger partial charge in [0.1, 0.15) is 5.75 Å². The summed E-state index contributed by atoms with van der Waals surface area (Å²) in [5.74, 6) is 0.324. The summed E-state index contributed by atoms with van der Waals surface area (Å²) in [5, 5.41) is 7.88. The summed E-state index contributed by atoms with van der Waals surface area (Å²) >= 11 is 0. The Balaban J connectivity index is 1.86. The third kappa shape index (κ3) is 6.76. The predicted molar refractivity (Wildman–Crippen MR) is 116 cm³/mol. The van der Waals surface area contributed by atoms with E-state index in [1.54, 1.807) is 31.2 Å².